The molecule has 2 saturated heterocycles. The van der Waals surface area contributed by atoms with Crippen LogP contribution in [0.5, 0.6) is 0 Å². The molecular weight excluding hydrogens is 321 g/mol. The number of carbonyl (C=O) groups is 1. The normalized spacial score (nSPS) is 26.5. The van der Waals surface area contributed by atoms with Crippen molar-refractivity contribution in [2.75, 3.05) is 32.7 Å². The molecule has 0 aromatic carbocycles. The highest BCUT2D eigenvalue weighted by atomic mass is 35.5. The number of likely N-dealkylation sites (tertiary alicyclic amines) is 1. The van der Waals surface area contributed by atoms with Crippen molar-refractivity contribution >= 4 is 30.7 Å². The molecule has 0 bridgehead atoms. The SMILES string of the molecule is CC1CCCN(C(C)(C)CNC(=O)C2CCCNC2)C1.Cl.Cl. The third-order valence-corrected chi connectivity index (χ3v) is 4.88. The fourth-order valence-electron chi connectivity index (χ4n) is 3.37. The summed E-state index contributed by atoms with van der Waals surface area (Å²) in [5.74, 6) is 1.18. The summed E-state index contributed by atoms with van der Waals surface area (Å²) in [7, 11) is 0. The number of hydrogen-bond donors (Lipinski definition) is 2. The number of nitrogens with one attached hydrogen (secondary N) is 2. The highest BCUT2D eigenvalue weighted by molar-refractivity contribution is 5.85. The third-order valence-electron chi connectivity index (χ3n) is 4.88. The van der Waals surface area contributed by atoms with Gasteiger partial charge >= 0.3 is 0 Å². The minimum absolute atomic E-state index is 0. The number of halogens is 2. The van der Waals surface area contributed by atoms with Gasteiger partial charge in [-0.25, -0.2) is 0 Å². The van der Waals surface area contributed by atoms with E-state index in [0.29, 0.717) is 0 Å². The fraction of sp³-hybridized carbons (Fsp3) is 0.938. The van der Waals surface area contributed by atoms with E-state index in [2.05, 4.69) is 36.3 Å². The summed E-state index contributed by atoms with van der Waals surface area (Å²) in [6.45, 7) is 11.8. The standard InChI is InChI=1S/C16H31N3O.2ClH/c1-13-6-5-9-19(11-13)16(2,3)12-18-15(20)14-7-4-8-17-10-14;;/h13-14,17H,4-12H2,1-3H3,(H,18,20);2*1H. The largest absolute Gasteiger partial charge is 0.354 e. The van der Waals surface area contributed by atoms with E-state index in [1.807, 2.05) is 0 Å². The topological polar surface area (TPSA) is 44.4 Å². The van der Waals surface area contributed by atoms with Crippen molar-refractivity contribution in [2.24, 2.45) is 11.8 Å². The first-order valence-electron chi connectivity index (χ1n) is 8.22. The number of carbonyl (C=O) groups excluding carboxylic acids is 1. The van der Waals surface area contributed by atoms with Gasteiger partial charge in [0.2, 0.25) is 5.91 Å². The Balaban J connectivity index is 0.00000220. The van der Waals surface area contributed by atoms with Gasteiger partial charge in [0.05, 0.1) is 5.92 Å². The Morgan fingerprint density at radius 1 is 1.27 bits per heavy atom. The minimum Gasteiger partial charge on any atom is -0.354 e. The molecule has 1 amide bonds. The molecule has 0 aliphatic carbocycles. The van der Waals surface area contributed by atoms with Crippen LogP contribution in [0.3, 0.4) is 0 Å². The van der Waals surface area contributed by atoms with E-state index in [0.717, 1.165) is 51.5 Å². The highest BCUT2D eigenvalue weighted by Gasteiger charge is 2.31. The summed E-state index contributed by atoms with van der Waals surface area (Å²) in [6.07, 6.45) is 4.77. The van der Waals surface area contributed by atoms with E-state index < -0.39 is 0 Å². The zero-order valence-corrected chi connectivity index (χ0v) is 15.8. The monoisotopic (exact) mass is 353 g/mol. The number of nitrogens with zero attached hydrogens (tertiary/aromatic N) is 1. The first kappa shape index (κ1) is 22.0. The van der Waals surface area contributed by atoms with E-state index in [9.17, 15) is 4.79 Å². The molecule has 0 aromatic rings. The van der Waals surface area contributed by atoms with Crippen LogP contribution < -0.4 is 10.6 Å². The Morgan fingerprint density at radius 3 is 2.59 bits per heavy atom. The molecule has 2 rings (SSSR count). The predicted molar refractivity (Wildman–Crippen MR) is 97.1 cm³/mol. The first-order valence-corrected chi connectivity index (χ1v) is 8.22. The number of rotatable bonds is 4. The van der Waals surface area contributed by atoms with Crippen molar-refractivity contribution in [3.05, 3.63) is 0 Å². The van der Waals surface area contributed by atoms with Crippen molar-refractivity contribution in [3.63, 3.8) is 0 Å². The van der Waals surface area contributed by atoms with Crippen LogP contribution >= 0.6 is 24.8 Å². The average Bonchev–Trinajstić information content (AvgIpc) is 2.46. The number of hydrogen-bond acceptors (Lipinski definition) is 3. The summed E-state index contributed by atoms with van der Waals surface area (Å²) < 4.78 is 0. The zero-order valence-electron chi connectivity index (χ0n) is 14.2. The van der Waals surface area contributed by atoms with Gasteiger partial charge in [0.1, 0.15) is 0 Å². The van der Waals surface area contributed by atoms with Crippen LogP contribution in [-0.2, 0) is 4.79 Å². The van der Waals surface area contributed by atoms with Gasteiger partial charge in [0.15, 0.2) is 0 Å². The van der Waals surface area contributed by atoms with E-state index in [1.165, 1.54) is 12.8 Å². The maximum atomic E-state index is 12.2. The van der Waals surface area contributed by atoms with Crippen molar-refractivity contribution in [2.45, 2.75) is 52.0 Å². The van der Waals surface area contributed by atoms with E-state index >= 15 is 0 Å². The van der Waals surface area contributed by atoms with Gasteiger partial charge in [-0.05, 0) is 58.5 Å². The lowest BCUT2D eigenvalue weighted by Gasteiger charge is -2.43. The summed E-state index contributed by atoms with van der Waals surface area (Å²) in [5, 5.41) is 6.49. The number of amides is 1. The lowest BCUT2D eigenvalue weighted by atomic mass is 9.93. The summed E-state index contributed by atoms with van der Waals surface area (Å²) >= 11 is 0. The Hall–Kier alpha value is -0.0300. The Morgan fingerprint density at radius 2 is 2.00 bits per heavy atom. The third kappa shape index (κ3) is 6.23. The predicted octanol–water partition coefficient (Wildman–Crippen LogP) is 2.46. The van der Waals surface area contributed by atoms with E-state index in [1.54, 1.807) is 0 Å². The maximum Gasteiger partial charge on any atom is 0.224 e. The minimum atomic E-state index is 0. The van der Waals surface area contributed by atoms with Crippen LogP contribution in [0.1, 0.15) is 46.5 Å². The van der Waals surface area contributed by atoms with Crippen LogP contribution in [0, 0.1) is 11.8 Å². The van der Waals surface area contributed by atoms with Gasteiger partial charge in [-0.15, -0.1) is 24.8 Å². The van der Waals surface area contributed by atoms with Crippen LogP contribution in [0.25, 0.3) is 0 Å². The molecule has 4 nitrogen and oxygen atoms in total. The van der Waals surface area contributed by atoms with Gasteiger partial charge in [-0.3, -0.25) is 9.69 Å². The summed E-state index contributed by atoms with van der Waals surface area (Å²) in [4.78, 5) is 14.8. The quantitative estimate of drug-likeness (QED) is 0.815. The lowest BCUT2D eigenvalue weighted by Crippen LogP contribution is -2.55. The Labute approximate surface area is 148 Å². The molecule has 2 unspecified atom stereocenters. The lowest BCUT2D eigenvalue weighted by molar-refractivity contribution is -0.126. The van der Waals surface area contributed by atoms with Crippen molar-refractivity contribution < 1.29 is 4.79 Å². The van der Waals surface area contributed by atoms with Crippen LogP contribution in [0.4, 0.5) is 0 Å². The van der Waals surface area contributed by atoms with Gasteiger partial charge in [-0.1, -0.05) is 6.92 Å². The molecule has 0 aromatic heterocycles. The van der Waals surface area contributed by atoms with Crippen LogP contribution in [0.15, 0.2) is 0 Å². The maximum absolute atomic E-state index is 12.2. The fourth-order valence-corrected chi connectivity index (χ4v) is 3.37. The molecule has 2 aliphatic heterocycles. The molecule has 2 fully saturated rings. The molecule has 2 aliphatic rings. The smallest absolute Gasteiger partial charge is 0.224 e. The van der Waals surface area contributed by atoms with Crippen molar-refractivity contribution in [1.29, 1.82) is 0 Å². The summed E-state index contributed by atoms with van der Waals surface area (Å²) in [6, 6.07) is 0. The van der Waals surface area contributed by atoms with Gasteiger partial charge in [0.25, 0.3) is 0 Å². The van der Waals surface area contributed by atoms with Gasteiger partial charge in [-0.2, -0.15) is 0 Å². The van der Waals surface area contributed by atoms with Crippen LogP contribution in [0.2, 0.25) is 0 Å². The second-order valence-corrected chi connectivity index (χ2v) is 7.27. The molecule has 0 radical (unpaired) electrons. The van der Waals surface area contributed by atoms with E-state index in [-0.39, 0.29) is 42.2 Å². The van der Waals surface area contributed by atoms with Crippen molar-refractivity contribution in [3.8, 4) is 0 Å². The van der Waals surface area contributed by atoms with Gasteiger partial charge in [0, 0.05) is 25.2 Å². The average molecular weight is 354 g/mol. The zero-order chi connectivity index (χ0) is 14.6. The summed E-state index contributed by atoms with van der Waals surface area (Å²) in [5.41, 5.74) is 0.0619. The highest BCUT2D eigenvalue weighted by Crippen LogP contribution is 2.23. The number of piperidine rings is 2. The molecule has 2 N–H and O–H groups in total. The Bertz CT molecular complexity index is 333. The molecule has 0 saturated carbocycles. The molecule has 22 heavy (non-hydrogen) atoms. The molecule has 132 valence electrons. The van der Waals surface area contributed by atoms with Crippen molar-refractivity contribution in [1.82, 2.24) is 15.5 Å². The van der Waals surface area contributed by atoms with Crippen LogP contribution in [-0.4, -0.2) is 49.1 Å². The second-order valence-electron chi connectivity index (χ2n) is 7.27. The Kier molecular flexibility index (Phi) is 9.95. The molecular formula is C16H33Cl2N3O. The molecule has 6 heteroatoms. The van der Waals surface area contributed by atoms with Gasteiger partial charge < -0.3 is 10.6 Å². The van der Waals surface area contributed by atoms with E-state index in [4.69, 9.17) is 0 Å². The first-order chi connectivity index (χ1) is 9.49. The molecule has 0 spiro atoms. The molecule has 2 heterocycles. The molecule has 2 atom stereocenters. The second kappa shape index (κ2) is 9.96.